The van der Waals surface area contributed by atoms with Crippen molar-refractivity contribution in [2.75, 3.05) is 19.0 Å². The van der Waals surface area contributed by atoms with Crippen molar-refractivity contribution in [3.8, 4) is 11.5 Å². The predicted octanol–water partition coefficient (Wildman–Crippen LogP) is 3.75. The number of nitrogens with zero attached hydrogens (tertiary/aromatic N) is 3. The van der Waals surface area contributed by atoms with Gasteiger partial charge in [-0.05, 0) is 50.1 Å². The van der Waals surface area contributed by atoms with Crippen molar-refractivity contribution in [2.24, 2.45) is 5.92 Å². The maximum Gasteiger partial charge on any atom is 0.229 e. The van der Waals surface area contributed by atoms with E-state index in [1.807, 2.05) is 0 Å². The Kier molecular flexibility index (Phi) is 5.73. The first-order chi connectivity index (χ1) is 15.3. The summed E-state index contributed by atoms with van der Waals surface area (Å²) in [6, 6.07) is 7.22. The van der Waals surface area contributed by atoms with Gasteiger partial charge in [-0.25, -0.2) is 23.7 Å². The van der Waals surface area contributed by atoms with Gasteiger partial charge in [0.05, 0.1) is 37.7 Å². The Bertz CT molecular complexity index is 1160. The number of hydrogen-bond acceptors (Lipinski definition) is 6. The standard InChI is InChI=1S/C23H22F2N4O3/c1-13-20(11-26-14(2)28-13)32-12-23(15-4-6-19(31-3)18(25)8-15)9-17(23)22(30)29-21-7-5-16(24)10-27-21/h4-8,10-11,17H,9,12H2,1-3H3,(H,27,29,30)/t17-,23+/m0/s1. The van der Waals surface area contributed by atoms with Crippen LogP contribution in [0.15, 0.2) is 42.7 Å². The minimum absolute atomic E-state index is 0.116. The Balaban J connectivity index is 1.59. The zero-order valence-electron chi connectivity index (χ0n) is 17.9. The smallest absolute Gasteiger partial charge is 0.229 e. The van der Waals surface area contributed by atoms with Crippen molar-refractivity contribution in [1.82, 2.24) is 15.0 Å². The Morgan fingerprint density at radius 1 is 1.16 bits per heavy atom. The number of rotatable bonds is 7. The molecule has 0 unspecified atom stereocenters. The maximum absolute atomic E-state index is 14.5. The highest BCUT2D eigenvalue weighted by atomic mass is 19.1. The molecule has 7 nitrogen and oxygen atoms in total. The van der Waals surface area contributed by atoms with Gasteiger partial charge in [-0.2, -0.15) is 0 Å². The second-order valence-electron chi connectivity index (χ2n) is 7.77. The highest BCUT2D eigenvalue weighted by Gasteiger charge is 2.60. The molecule has 32 heavy (non-hydrogen) atoms. The molecule has 0 aliphatic heterocycles. The molecule has 0 radical (unpaired) electrons. The van der Waals surface area contributed by atoms with E-state index >= 15 is 0 Å². The molecule has 166 valence electrons. The molecule has 1 aliphatic rings. The maximum atomic E-state index is 14.5. The SMILES string of the molecule is COc1ccc([C@]2(COc3cnc(C)nc3C)C[C@H]2C(=O)Nc2ccc(F)cn2)cc1F. The first-order valence-electron chi connectivity index (χ1n) is 10.0. The predicted molar refractivity (Wildman–Crippen MR) is 113 cm³/mol. The summed E-state index contributed by atoms with van der Waals surface area (Å²) in [5, 5.41) is 2.69. The quantitative estimate of drug-likeness (QED) is 0.602. The van der Waals surface area contributed by atoms with Crippen LogP contribution in [0.5, 0.6) is 11.5 Å². The number of amides is 1. The largest absolute Gasteiger partial charge is 0.494 e. The second-order valence-corrected chi connectivity index (χ2v) is 7.77. The van der Waals surface area contributed by atoms with Gasteiger partial charge in [-0.15, -0.1) is 0 Å². The van der Waals surface area contributed by atoms with Crippen molar-refractivity contribution in [2.45, 2.75) is 25.7 Å². The Morgan fingerprint density at radius 2 is 1.97 bits per heavy atom. The summed E-state index contributed by atoms with van der Waals surface area (Å²) >= 11 is 0. The number of ether oxygens (including phenoxy) is 2. The molecule has 1 N–H and O–H groups in total. The summed E-state index contributed by atoms with van der Waals surface area (Å²) in [4.78, 5) is 25.3. The van der Waals surface area contributed by atoms with Crippen molar-refractivity contribution in [1.29, 1.82) is 0 Å². The van der Waals surface area contributed by atoms with E-state index < -0.39 is 23.0 Å². The zero-order valence-corrected chi connectivity index (χ0v) is 17.9. The van der Waals surface area contributed by atoms with E-state index in [1.54, 1.807) is 26.1 Å². The van der Waals surface area contributed by atoms with Crippen LogP contribution < -0.4 is 14.8 Å². The molecule has 4 rings (SSSR count). The highest BCUT2D eigenvalue weighted by Crippen LogP contribution is 2.55. The fraction of sp³-hybridized carbons (Fsp3) is 0.304. The molecule has 2 aromatic heterocycles. The second kappa shape index (κ2) is 8.49. The van der Waals surface area contributed by atoms with Crippen molar-refractivity contribution in [3.05, 3.63) is 71.4 Å². The van der Waals surface area contributed by atoms with Crippen LogP contribution in [0.3, 0.4) is 0 Å². The molecule has 1 aromatic carbocycles. The summed E-state index contributed by atoms with van der Waals surface area (Å²) in [5.74, 6) is -0.347. The van der Waals surface area contributed by atoms with Gasteiger partial charge < -0.3 is 14.8 Å². The van der Waals surface area contributed by atoms with Crippen LogP contribution in [-0.2, 0) is 10.2 Å². The number of benzene rings is 1. The average Bonchev–Trinajstić information content (AvgIpc) is 3.51. The number of carbonyl (C=O) groups excluding carboxylic acids is 1. The van der Waals surface area contributed by atoms with Crippen LogP contribution in [0.25, 0.3) is 0 Å². The molecule has 0 saturated heterocycles. The molecular formula is C23H22F2N4O3. The molecule has 9 heteroatoms. The number of anilines is 1. The normalized spacial score (nSPS) is 19.3. The van der Waals surface area contributed by atoms with Gasteiger partial charge in [0.25, 0.3) is 0 Å². The first kappa shape index (κ1) is 21.6. The molecule has 3 aromatic rings. The molecule has 0 bridgehead atoms. The van der Waals surface area contributed by atoms with E-state index in [1.165, 1.54) is 31.4 Å². The lowest BCUT2D eigenvalue weighted by atomic mass is 9.93. The summed E-state index contributed by atoms with van der Waals surface area (Å²) in [5.41, 5.74) is 0.536. The Labute approximate surface area is 183 Å². The first-order valence-corrected chi connectivity index (χ1v) is 10.0. The van der Waals surface area contributed by atoms with Crippen molar-refractivity contribution in [3.63, 3.8) is 0 Å². The summed E-state index contributed by atoms with van der Waals surface area (Å²) in [6.45, 7) is 3.71. The molecule has 2 atom stereocenters. The third kappa shape index (κ3) is 4.23. The number of pyridine rings is 1. The van der Waals surface area contributed by atoms with Gasteiger partial charge in [-0.3, -0.25) is 4.79 Å². The Morgan fingerprint density at radius 3 is 2.62 bits per heavy atom. The third-order valence-corrected chi connectivity index (χ3v) is 5.64. The van der Waals surface area contributed by atoms with E-state index in [9.17, 15) is 13.6 Å². The molecule has 1 fully saturated rings. The topological polar surface area (TPSA) is 86.2 Å². The van der Waals surface area contributed by atoms with Crippen LogP contribution >= 0.6 is 0 Å². The van der Waals surface area contributed by atoms with Crippen LogP contribution in [0.4, 0.5) is 14.6 Å². The zero-order chi connectivity index (χ0) is 22.9. The lowest BCUT2D eigenvalue weighted by molar-refractivity contribution is -0.117. The number of aryl methyl sites for hydroxylation is 2. The van der Waals surface area contributed by atoms with E-state index in [2.05, 4.69) is 20.3 Å². The highest BCUT2D eigenvalue weighted by molar-refractivity contribution is 5.95. The lowest BCUT2D eigenvalue weighted by Crippen LogP contribution is -2.27. The van der Waals surface area contributed by atoms with Crippen molar-refractivity contribution < 1.29 is 23.0 Å². The number of methoxy groups -OCH3 is 1. The number of hydrogen-bond donors (Lipinski definition) is 1. The number of carbonyl (C=O) groups is 1. The fourth-order valence-corrected chi connectivity index (χ4v) is 3.77. The molecule has 0 spiro atoms. The van der Waals surface area contributed by atoms with Gasteiger partial charge in [0, 0.05) is 5.41 Å². The Hall–Kier alpha value is -3.62. The van der Waals surface area contributed by atoms with Crippen LogP contribution in [0.2, 0.25) is 0 Å². The average molecular weight is 440 g/mol. The number of nitrogens with one attached hydrogen (secondary N) is 1. The van der Waals surface area contributed by atoms with E-state index in [-0.39, 0.29) is 24.1 Å². The van der Waals surface area contributed by atoms with Gasteiger partial charge in [0.1, 0.15) is 17.5 Å². The van der Waals surface area contributed by atoms with E-state index in [4.69, 9.17) is 9.47 Å². The minimum atomic E-state index is -0.755. The van der Waals surface area contributed by atoms with E-state index in [0.29, 0.717) is 29.3 Å². The summed E-state index contributed by atoms with van der Waals surface area (Å²) < 4.78 is 38.6. The van der Waals surface area contributed by atoms with Gasteiger partial charge in [0.15, 0.2) is 17.3 Å². The summed E-state index contributed by atoms with van der Waals surface area (Å²) in [6.07, 6.45) is 3.05. The molecule has 1 aliphatic carbocycles. The van der Waals surface area contributed by atoms with Crippen LogP contribution in [0.1, 0.15) is 23.5 Å². The number of halogens is 2. The minimum Gasteiger partial charge on any atom is -0.494 e. The van der Waals surface area contributed by atoms with E-state index in [0.717, 1.165) is 6.20 Å². The third-order valence-electron chi connectivity index (χ3n) is 5.64. The van der Waals surface area contributed by atoms with Gasteiger partial charge in [0.2, 0.25) is 5.91 Å². The van der Waals surface area contributed by atoms with Crippen LogP contribution in [-0.4, -0.2) is 34.6 Å². The fourth-order valence-electron chi connectivity index (χ4n) is 3.77. The monoisotopic (exact) mass is 440 g/mol. The van der Waals surface area contributed by atoms with Gasteiger partial charge in [-0.1, -0.05) is 6.07 Å². The van der Waals surface area contributed by atoms with Crippen molar-refractivity contribution >= 4 is 11.7 Å². The summed E-state index contributed by atoms with van der Waals surface area (Å²) in [7, 11) is 1.39. The molecule has 2 heterocycles. The lowest BCUT2D eigenvalue weighted by Gasteiger charge is -2.20. The molecule has 1 saturated carbocycles. The number of aromatic nitrogens is 3. The van der Waals surface area contributed by atoms with Crippen LogP contribution in [0, 0.1) is 31.4 Å². The van der Waals surface area contributed by atoms with Gasteiger partial charge >= 0.3 is 0 Å². The molecule has 1 amide bonds. The molecular weight excluding hydrogens is 418 g/mol.